The van der Waals surface area contributed by atoms with Gasteiger partial charge in [-0.25, -0.2) is 0 Å². The van der Waals surface area contributed by atoms with Crippen LogP contribution in [-0.4, -0.2) is 122 Å². The lowest BCUT2D eigenvalue weighted by Crippen LogP contribution is -2.64. The normalized spacial score (nSPS) is 38.3. The largest absolute Gasteiger partial charge is 0.394 e. The van der Waals surface area contributed by atoms with Crippen LogP contribution in [0.4, 0.5) is 0 Å². The van der Waals surface area contributed by atoms with Gasteiger partial charge >= 0.3 is 0 Å². The Labute approximate surface area is 200 Å². The Balaban J connectivity index is 0.000000445. The maximum Gasteiger partial charge on any atom is 0.187 e. The van der Waals surface area contributed by atoms with Gasteiger partial charge in [-0.2, -0.15) is 0 Å². The molecule has 12 heteroatoms. The number of hydrogen-bond acceptors (Lipinski definition) is 12. The molecule has 2 rings (SSSR count). The highest BCUT2D eigenvalue weighted by molar-refractivity contribution is 4.93. The minimum absolute atomic E-state index is 0.667. The van der Waals surface area contributed by atoms with Gasteiger partial charge in [0, 0.05) is 0 Å². The van der Waals surface area contributed by atoms with Crippen LogP contribution >= 0.6 is 0 Å². The Morgan fingerprint density at radius 3 is 1.74 bits per heavy atom. The first kappa shape index (κ1) is 31.5. The van der Waals surface area contributed by atoms with E-state index in [1.165, 1.54) is 51.4 Å². The highest BCUT2D eigenvalue weighted by atomic mass is 16.7. The van der Waals surface area contributed by atoms with Crippen molar-refractivity contribution in [3.8, 4) is 0 Å². The smallest absolute Gasteiger partial charge is 0.187 e. The SMILES string of the molecule is CCCCCCCCCCN.OC[C@H]1O[C@@H](O[C@H]2[C@H](O)[C@@H](O)C(O)O[C@@H]2CO)[C@H](O)[C@@H](O)[C@H]1O. The summed E-state index contributed by atoms with van der Waals surface area (Å²) >= 11 is 0. The molecule has 0 aromatic heterocycles. The molecule has 204 valence electrons. The van der Waals surface area contributed by atoms with E-state index >= 15 is 0 Å². The standard InChI is InChI=1S/C12H22O11.C10H23N/c13-1-3-5(15)6(16)9(19)12(22-3)23-10-4(2-14)21-11(20)8(18)7(10)17;1-2-3-4-5-6-7-8-9-10-11/h3-20H,1-2H2;2-11H2,1H3/t3-,4-,5+,6+,7-,8-,9-,10-,11?,12+;/m1./s1. The lowest BCUT2D eigenvalue weighted by atomic mass is 9.97. The van der Waals surface area contributed by atoms with Crippen molar-refractivity contribution in [3.63, 3.8) is 0 Å². The lowest BCUT2D eigenvalue weighted by molar-refractivity contribution is -0.355. The van der Waals surface area contributed by atoms with E-state index in [0.717, 1.165) is 6.54 Å². The van der Waals surface area contributed by atoms with E-state index in [9.17, 15) is 35.7 Å². The number of rotatable bonds is 12. The Hall–Kier alpha value is -0.480. The van der Waals surface area contributed by atoms with E-state index < -0.39 is 74.6 Å². The van der Waals surface area contributed by atoms with Gasteiger partial charge in [-0.3, -0.25) is 0 Å². The molecule has 2 fully saturated rings. The van der Waals surface area contributed by atoms with Gasteiger partial charge in [-0.1, -0.05) is 51.9 Å². The van der Waals surface area contributed by atoms with Crippen molar-refractivity contribution in [2.24, 2.45) is 5.73 Å². The molecule has 0 aliphatic carbocycles. The van der Waals surface area contributed by atoms with Crippen LogP contribution in [0.5, 0.6) is 0 Å². The maximum absolute atomic E-state index is 9.94. The summed E-state index contributed by atoms with van der Waals surface area (Å²) in [6.45, 7) is 1.78. The fraction of sp³-hybridized carbons (Fsp3) is 1.00. The highest BCUT2D eigenvalue weighted by Gasteiger charge is 2.50. The number of aliphatic hydroxyl groups is 8. The predicted octanol–water partition coefficient (Wildman–Crippen LogP) is -2.31. The molecule has 12 nitrogen and oxygen atoms in total. The number of unbranched alkanes of at least 4 members (excludes halogenated alkanes) is 7. The molecule has 0 spiro atoms. The number of ether oxygens (including phenoxy) is 3. The third-order valence-corrected chi connectivity index (χ3v) is 6.04. The van der Waals surface area contributed by atoms with Crippen LogP contribution in [0.15, 0.2) is 0 Å². The second-order valence-corrected chi connectivity index (χ2v) is 8.79. The van der Waals surface area contributed by atoms with E-state index in [1.54, 1.807) is 0 Å². The molecular weight excluding hydrogens is 454 g/mol. The summed E-state index contributed by atoms with van der Waals surface area (Å²) in [6.07, 6.45) is -4.59. The molecule has 1 unspecified atom stereocenters. The van der Waals surface area contributed by atoms with Gasteiger partial charge in [0.05, 0.1) is 13.2 Å². The monoisotopic (exact) mass is 499 g/mol. The lowest BCUT2D eigenvalue weighted by Gasteiger charge is -2.45. The zero-order valence-corrected chi connectivity index (χ0v) is 19.9. The minimum Gasteiger partial charge on any atom is -0.394 e. The summed E-state index contributed by atoms with van der Waals surface area (Å²) in [5.41, 5.74) is 5.39. The summed E-state index contributed by atoms with van der Waals surface area (Å²) in [5.74, 6) is 0. The molecular formula is C22H45NO11. The number of aliphatic hydroxyl groups excluding tert-OH is 8. The molecule has 2 aliphatic heterocycles. The van der Waals surface area contributed by atoms with Crippen molar-refractivity contribution < 1.29 is 55.1 Å². The summed E-state index contributed by atoms with van der Waals surface area (Å²) < 4.78 is 15.3. The number of hydrogen-bond donors (Lipinski definition) is 9. The van der Waals surface area contributed by atoms with Gasteiger partial charge in [-0.05, 0) is 13.0 Å². The number of nitrogens with two attached hydrogens (primary N) is 1. The first-order chi connectivity index (χ1) is 16.2. The average Bonchev–Trinajstić information content (AvgIpc) is 2.84. The van der Waals surface area contributed by atoms with Gasteiger partial charge in [0.25, 0.3) is 0 Å². The molecule has 10 atom stereocenters. The van der Waals surface area contributed by atoms with Gasteiger partial charge in [0.1, 0.15) is 48.8 Å². The molecule has 10 N–H and O–H groups in total. The topological polar surface area (TPSA) is 216 Å². The molecule has 0 amide bonds. The Kier molecular flexibility index (Phi) is 15.8. The van der Waals surface area contributed by atoms with Crippen LogP contribution in [0.2, 0.25) is 0 Å². The van der Waals surface area contributed by atoms with E-state index in [4.69, 9.17) is 25.1 Å². The third kappa shape index (κ3) is 9.52. The maximum atomic E-state index is 9.94. The van der Waals surface area contributed by atoms with Crippen molar-refractivity contribution in [1.82, 2.24) is 0 Å². The van der Waals surface area contributed by atoms with Gasteiger partial charge in [-0.15, -0.1) is 0 Å². The third-order valence-electron chi connectivity index (χ3n) is 6.04. The van der Waals surface area contributed by atoms with E-state index in [0.29, 0.717) is 0 Å². The first-order valence-corrected chi connectivity index (χ1v) is 12.2. The van der Waals surface area contributed by atoms with Gasteiger partial charge in [0.15, 0.2) is 12.6 Å². The minimum atomic E-state index is -1.74. The van der Waals surface area contributed by atoms with Crippen LogP contribution in [0.3, 0.4) is 0 Å². The van der Waals surface area contributed by atoms with Crippen molar-refractivity contribution in [1.29, 1.82) is 0 Å². The zero-order valence-electron chi connectivity index (χ0n) is 19.9. The molecule has 0 bridgehead atoms. The van der Waals surface area contributed by atoms with Crippen molar-refractivity contribution in [2.45, 2.75) is 120 Å². The van der Waals surface area contributed by atoms with E-state index in [1.807, 2.05) is 0 Å². The van der Waals surface area contributed by atoms with Crippen molar-refractivity contribution in [3.05, 3.63) is 0 Å². The molecule has 2 aliphatic rings. The summed E-state index contributed by atoms with van der Waals surface area (Å²) in [4.78, 5) is 0. The summed E-state index contributed by atoms with van der Waals surface area (Å²) in [6, 6.07) is 0. The van der Waals surface area contributed by atoms with Gasteiger partial charge < -0.3 is 60.8 Å². The van der Waals surface area contributed by atoms with Crippen LogP contribution < -0.4 is 5.73 Å². The quantitative estimate of drug-likeness (QED) is 0.129. The van der Waals surface area contributed by atoms with Crippen LogP contribution in [0, 0.1) is 0 Å². The molecule has 0 aromatic carbocycles. The van der Waals surface area contributed by atoms with Crippen LogP contribution in [-0.2, 0) is 14.2 Å². The predicted molar refractivity (Wildman–Crippen MR) is 120 cm³/mol. The van der Waals surface area contributed by atoms with E-state index in [-0.39, 0.29) is 0 Å². The first-order valence-electron chi connectivity index (χ1n) is 12.2. The van der Waals surface area contributed by atoms with E-state index in [2.05, 4.69) is 6.92 Å². The van der Waals surface area contributed by atoms with Crippen molar-refractivity contribution in [2.75, 3.05) is 19.8 Å². The van der Waals surface area contributed by atoms with Crippen LogP contribution in [0.25, 0.3) is 0 Å². The molecule has 34 heavy (non-hydrogen) atoms. The summed E-state index contributed by atoms with van der Waals surface area (Å²) in [7, 11) is 0. The Morgan fingerprint density at radius 1 is 0.647 bits per heavy atom. The summed E-state index contributed by atoms with van der Waals surface area (Å²) in [5, 5.41) is 76.5. The average molecular weight is 500 g/mol. The molecule has 2 heterocycles. The van der Waals surface area contributed by atoms with Gasteiger partial charge in [0.2, 0.25) is 0 Å². The molecule has 0 saturated carbocycles. The Bertz CT molecular complexity index is 505. The molecule has 2 saturated heterocycles. The van der Waals surface area contributed by atoms with Crippen LogP contribution in [0.1, 0.15) is 58.3 Å². The highest BCUT2D eigenvalue weighted by Crippen LogP contribution is 2.28. The fourth-order valence-electron chi connectivity index (χ4n) is 3.85. The Morgan fingerprint density at radius 2 is 1.21 bits per heavy atom. The second kappa shape index (κ2) is 17.1. The fourth-order valence-corrected chi connectivity index (χ4v) is 3.85. The second-order valence-electron chi connectivity index (χ2n) is 8.79. The molecule has 0 aromatic rings. The molecule has 0 radical (unpaired) electrons. The zero-order chi connectivity index (χ0) is 25.7. The van der Waals surface area contributed by atoms with Crippen molar-refractivity contribution >= 4 is 0 Å².